The Labute approximate surface area is 201 Å². The van der Waals surface area contributed by atoms with Gasteiger partial charge in [-0.15, -0.1) is 0 Å². The van der Waals surface area contributed by atoms with Crippen molar-refractivity contribution in [3.8, 4) is 11.5 Å². The van der Waals surface area contributed by atoms with E-state index < -0.39 is 27.4 Å². The van der Waals surface area contributed by atoms with Crippen molar-refractivity contribution in [2.24, 2.45) is 0 Å². The summed E-state index contributed by atoms with van der Waals surface area (Å²) in [4.78, 5) is 13.8. The summed E-state index contributed by atoms with van der Waals surface area (Å²) in [5.74, 6) is 0.361. The molecule has 3 aliphatic rings. The molecule has 0 spiro atoms. The van der Waals surface area contributed by atoms with Crippen molar-refractivity contribution < 1.29 is 22.7 Å². The van der Waals surface area contributed by atoms with E-state index in [1.54, 1.807) is 19.2 Å². The number of sulfonamides is 1. The molecule has 0 saturated heterocycles. The summed E-state index contributed by atoms with van der Waals surface area (Å²) in [5.41, 5.74) is 2.64. The molecule has 182 valence electrons. The number of methoxy groups -OCH3 is 1. The number of amides is 1. The van der Waals surface area contributed by atoms with Gasteiger partial charge in [0.25, 0.3) is 10.0 Å². The first kappa shape index (κ1) is 23.0. The number of hydrogen-bond donors (Lipinski definition) is 2. The molecule has 2 N–H and O–H groups in total. The first-order chi connectivity index (χ1) is 16.2. The highest BCUT2D eigenvalue weighted by Gasteiger charge is 2.43. The Morgan fingerprint density at radius 1 is 1.18 bits per heavy atom. The van der Waals surface area contributed by atoms with Crippen molar-refractivity contribution >= 4 is 21.6 Å². The highest BCUT2D eigenvalue weighted by Crippen LogP contribution is 2.52. The summed E-state index contributed by atoms with van der Waals surface area (Å²) in [6.45, 7) is 4.68. The molecule has 0 radical (unpaired) electrons. The van der Waals surface area contributed by atoms with E-state index in [0.717, 1.165) is 42.6 Å². The van der Waals surface area contributed by atoms with Crippen molar-refractivity contribution in [3.05, 3.63) is 47.0 Å². The SMILES string of the molecule is COc1ccc(C2CCC2)c2c1[C@@H](C(=O)NS(=O)(=O)c1cccc3c1CCCN3)CC(C)(C)O2. The van der Waals surface area contributed by atoms with Gasteiger partial charge in [0, 0.05) is 24.2 Å². The van der Waals surface area contributed by atoms with Crippen LogP contribution < -0.4 is 19.5 Å². The van der Waals surface area contributed by atoms with Crippen molar-refractivity contribution in [3.63, 3.8) is 0 Å². The third-order valence-electron chi connectivity index (χ3n) is 7.27. The number of carbonyl (C=O) groups excluding carboxylic acids is 1. The molecule has 8 heteroatoms. The summed E-state index contributed by atoms with van der Waals surface area (Å²) in [5, 5.41) is 3.25. The van der Waals surface area contributed by atoms with Gasteiger partial charge in [-0.1, -0.05) is 18.6 Å². The fraction of sp³-hybridized carbons (Fsp3) is 0.500. The summed E-state index contributed by atoms with van der Waals surface area (Å²) in [6.07, 6.45) is 5.19. The zero-order valence-electron chi connectivity index (χ0n) is 19.9. The van der Waals surface area contributed by atoms with Crippen LogP contribution in [0.2, 0.25) is 0 Å². The van der Waals surface area contributed by atoms with Crippen LogP contribution in [0.3, 0.4) is 0 Å². The Bertz CT molecular complexity index is 1230. The Morgan fingerprint density at radius 3 is 2.68 bits per heavy atom. The van der Waals surface area contributed by atoms with Crippen LogP contribution >= 0.6 is 0 Å². The molecule has 7 nitrogen and oxygen atoms in total. The first-order valence-corrected chi connectivity index (χ1v) is 13.5. The van der Waals surface area contributed by atoms with Crippen LogP contribution in [-0.4, -0.2) is 33.6 Å². The lowest BCUT2D eigenvalue weighted by molar-refractivity contribution is -0.122. The van der Waals surface area contributed by atoms with E-state index in [0.29, 0.717) is 35.8 Å². The molecule has 0 aromatic heterocycles. The van der Waals surface area contributed by atoms with Crippen molar-refractivity contribution in [1.82, 2.24) is 4.72 Å². The summed E-state index contributed by atoms with van der Waals surface area (Å²) < 4.78 is 41.2. The molecule has 1 atom stereocenters. The molecule has 0 unspecified atom stereocenters. The standard InChI is InChI=1S/C26H32N2O5S/c1-26(2)15-19(23-21(32-3)13-12-17(24(23)33-26)16-7-4-8-16)25(29)28-34(30,31)22-11-5-10-20-18(22)9-6-14-27-20/h5,10-13,16,19,27H,4,6-9,14-15H2,1-3H3,(H,28,29)/t19-/m0/s1. The molecule has 34 heavy (non-hydrogen) atoms. The maximum absolute atomic E-state index is 13.6. The van der Waals surface area contributed by atoms with Gasteiger partial charge in [-0.05, 0) is 74.8 Å². The summed E-state index contributed by atoms with van der Waals surface area (Å²) in [7, 11) is -2.49. The molecular formula is C26H32N2O5S. The van der Waals surface area contributed by atoms with Crippen LogP contribution in [0.15, 0.2) is 35.2 Å². The number of nitrogens with one attached hydrogen (secondary N) is 2. The minimum absolute atomic E-state index is 0.160. The van der Waals surface area contributed by atoms with Gasteiger partial charge in [-0.2, -0.15) is 0 Å². The summed E-state index contributed by atoms with van der Waals surface area (Å²) >= 11 is 0. The normalized spacial score (nSPS) is 21.2. The third-order valence-corrected chi connectivity index (χ3v) is 8.70. The van der Waals surface area contributed by atoms with Gasteiger partial charge >= 0.3 is 0 Å². The number of fused-ring (bicyclic) bond motifs is 2. The van der Waals surface area contributed by atoms with Gasteiger partial charge in [0.15, 0.2) is 0 Å². The number of carbonyl (C=O) groups is 1. The quantitative estimate of drug-likeness (QED) is 0.650. The van der Waals surface area contributed by atoms with E-state index in [4.69, 9.17) is 9.47 Å². The zero-order valence-corrected chi connectivity index (χ0v) is 20.8. The van der Waals surface area contributed by atoms with E-state index in [1.807, 2.05) is 32.0 Å². The molecule has 2 aromatic rings. The minimum Gasteiger partial charge on any atom is -0.496 e. The number of rotatable bonds is 5. The van der Waals surface area contributed by atoms with Gasteiger partial charge in [0.2, 0.25) is 5.91 Å². The first-order valence-electron chi connectivity index (χ1n) is 12.0. The van der Waals surface area contributed by atoms with E-state index in [-0.39, 0.29) is 4.90 Å². The molecule has 1 amide bonds. The predicted octanol–water partition coefficient (Wildman–Crippen LogP) is 4.47. The van der Waals surface area contributed by atoms with Crippen LogP contribution in [0.1, 0.15) is 74.5 Å². The predicted molar refractivity (Wildman–Crippen MR) is 130 cm³/mol. The van der Waals surface area contributed by atoms with Crippen LogP contribution in [0.5, 0.6) is 11.5 Å². The number of benzene rings is 2. The van der Waals surface area contributed by atoms with Gasteiger partial charge in [-0.25, -0.2) is 13.1 Å². The topological polar surface area (TPSA) is 93.7 Å². The summed E-state index contributed by atoms with van der Waals surface area (Å²) in [6, 6.07) is 9.05. The molecule has 2 aliphatic heterocycles. The molecule has 5 rings (SSSR count). The molecule has 2 heterocycles. The highest BCUT2D eigenvalue weighted by atomic mass is 32.2. The van der Waals surface area contributed by atoms with Gasteiger partial charge < -0.3 is 14.8 Å². The van der Waals surface area contributed by atoms with Crippen LogP contribution in [0, 0.1) is 0 Å². The third kappa shape index (κ3) is 4.02. The molecule has 1 aliphatic carbocycles. The van der Waals surface area contributed by atoms with Crippen LogP contribution in [0.4, 0.5) is 5.69 Å². The lowest BCUT2D eigenvalue weighted by atomic mass is 9.75. The second-order valence-electron chi connectivity index (χ2n) is 10.1. The van der Waals surface area contributed by atoms with Gasteiger partial charge in [-0.3, -0.25) is 4.79 Å². The fourth-order valence-electron chi connectivity index (χ4n) is 5.38. The van der Waals surface area contributed by atoms with E-state index >= 15 is 0 Å². The molecule has 2 aromatic carbocycles. The average molecular weight is 485 g/mol. The van der Waals surface area contributed by atoms with Crippen LogP contribution in [0.25, 0.3) is 0 Å². The molecule has 1 saturated carbocycles. The van der Waals surface area contributed by atoms with Crippen LogP contribution in [-0.2, 0) is 21.2 Å². The minimum atomic E-state index is -4.05. The zero-order chi connectivity index (χ0) is 24.1. The monoisotopic (exact) mass is 484 g/mol. The number of hydrogen-bond acceptors (Lipinski definition) is 6. The maximum atomic E-state index is 13.6. The van der Waals surface area contributed by atoms with Gasteiger partial charge in [0.05, 0.1) is 17.9 Å². The maximum Gasteiger partial charge on any atom is 0.264 e. The second kappa shape index (κ2) is 8.48. The Kier molecular flexibility index (Phi) is 5.74. The largest absolute Gasteiger partial charge is 0.496 e. The smallest absolute Gasteiger partial charge is 0.264 e. The fourth-order valence-corrected chi connectivity index (χ4v) is 6.70. The van der Waals surface area contributed by atoms with E-state index in [2.05, 4.69) is 10.0 Å². The van der Waals surface area contributed by atoms with Gasteiger partial charge in [0.1, 0.15) is 17.1 Å². The number of anilines is 1. The lowest BCUT2D eigenvalue weighted by Crippen LogP contribution is -2.43. The molecule has 1 fully saturated rings. The van der Waals surface area contributed by atoms with Crippen molar-refractivity contribution in [1.29, 1.82) is 0 Å². The van der Waals surface area contributed by atoms with Crippen molar-refractivity contribution in [2.45, 2.75) is 74.7 Å². The molecule has 0 bridgehead atoms. The Morgan fingerprint density at radius 2 is 1.97 bits per heavy atom. The average Bonchev–Trinajstić information content (AvgIpc) is 2.76. The van der Waals surface area contributed by atoms with E-state index in [9.17, 15) is 13.2 Å². The second-order valence-corrected chi connectivity index (χ2v) is 11.8. The highest BCUT2D eigenvalue weighted by molar-refractivity contribution is 7.90. The lowest BCUT2D eigenvalue weighted by Gasteiger charge is -2.40. The van der Waals surface area contributed by atoms with Crippen molar-refractivity contribution in [2.75, 3.05) is 19.0 Å². The number of ether oxygens (including phenoxy) is 2. The Hall–Kier alpha value is -2.74. The Balaban J connectivity index is 1.53. The van der Waals surface area contributed by atoms with E-state index in [1.165, 1.54) is 6.42 Å². The molecular weight excluding hydrogens is 452 g/mol.